The van der Waals surface area contributed by atoms with Crippen molar-refractivity contribution in [2.45, 2.75) is 19.6 Å². The van der Waals surface area contributed by atoms with Gasteiger partial charge in [-0.25, -0.2) is 0 Å². The number of hydrogen-bond acceptors (Lipinski definition) is 6. The molecule has 0 atom stereocenters. The Morgan fingerprint density at radius 2 is 1.56 bits per heavy atom. The van der Waals surface area contributed by atoms with Gasteiger partial charge in [-0.1, -0.05) is 24.3 Å². The third-order valence-electron chi connectivity index (χ3n) is 4.30. The molecule has 0 saturated carbocycles. The molecule has 0 bridgehead atoms. The second kappa shape index (κ2) is 12.2. The van der Waals surface area contributed by atoms with Crippen molar-refractivity contribution in [1.82, 2.24) is 0 Å². The largest absolute Gasteiger partial charge is 0.492 e. The number of ether oxygens (including phenoxy) is 2. The molecule has 6 nitrogen and oxygen atoms in total. The number of thiophene rings is 1. The number of amides is 2. The Hall–Kier alpha value is -2.97. The van der Waals surface area contributed by atoms with E-state index in [2.05, 4.69) is 16.7 Å². The SMILES string of the molecule is CCOc1cc(NC(=O)c2ccccc2)c(OCC)cc1NC(=O)CSCc1cccs1. The quantitative estimate of drug-likeness (QED) is 0.378. The molecule has 0 spiro atoms. The number of rotatable bonds is 11. The highest BCUT2D eigenvalue weighted by Gasteiger charge is 2.17. The minimum atomic E-state index is -0.254. The van der Waals surface area contributed by atoms with Crippen molar-refractivity contribution in [1.29, 1.82) is 0 Å². The summed E-state index contributed by atoms with van der Waals surface area (Å²) in [5.74, 6) is 1.65. The maximum Gasteiger partial charge on any atom is 0.255 e. The van der Waals surface area contributed by atoms with E-state index in [1.807, 2.05) is 31.4 Å². The average Bonchev–Trinajstić information content (AvgIpc) is 3.31. The molecular formula is C24H26N2O4S2. The normalized spacial score (nSPS) is 10.4. The zero-order valence-electron chi connectivity index (χ0n) is 18.1. The molecule has 0 fully saturated rings. The number of carbonyl (C=O) groups excluding carboxylic acids is 2. The number of benzene rings is 2. The zero-order chi connectivity index (χ0) is 22.8. The lowest BCUT2D eigenvalue weighted by atomic mass is 10.2. The molecule has 3 rings (SSSR count). The van der Waals surface area contributed by atoms with Gasteiger partial charge in [0.2, 0.25) is 5.91 Å². The number of nitrogens with one attached hydrogen (secondary N) is 2. The first-order chi connectivity index (χ1) is 15.6. The molecule has 168 valence electrons. The molecule has 0 aliphatic carbocycles. The monoisotopic (exact) mass is 470 g/mol. The molecule has 0 radical (unpaired) electrons. The van der Waals surface area contributed by atoms with Gasteiger partial charge < -0.3 is 20.1 Å². The highest BCUT2D eigenvalue weighted by Crippen LogP contribution is 2.37. The number of anilines is 2. The summed E-state index contributed by atoms with van der Waals surface area (Å²) in [7, 11) is 0. The van der Waals surface area contributed by atoms with E-state index in [-0.39, 0.29) is 11.8 Å². The molecule has 2 N–H and O–H groups in total. The third-order valence-corrected chi connectivity index (χ3v) is 6.34. The first-order valence-corrected chi connectivity index (χ1v) is 12.3. The minimum Gasteiger partial charge on any atom is -0.492 e. The summed E-state index contributed by atoms with van der Waals surface area (Å²) in [6, 6.07) is 16.4. The predicted molar refractivity (Wildman–Crippen MR) is 132 cm³/mol. The molecule has 3 aromatic rings. The van der Waals surface area contributed by atoms with E-state index < -0.39 is 0 Å². The van der Waals surface area contributed by atoms with Crippen molar-refractivity contribution >= 4 is 46.3 Å². The Kier molecular flexibility index (Phi) is 9.01. The lowest BCUT2D eigenvalue weighted by molar-refractivity contribution is -0.113. The first-order valence-electron chi connectivity index (χ1n) is 10.3. The Bertz CT molecular complexity index is 1020. The molecule has 8 heteroatoms. The van der Waals surface area contributed by atoms with Crippen LogP contribution >= 0.6 is 23.1 Å². The summed E-state index contributed by atoms with van der Waals surface area (Å²) in [6.45, 7) is 4.54. The van der Waals surface area contributed by atoms with Gasteiger partial charge in [-0.3, -0.25) is 9.59 Å². The van der Waals surface area contributed by atoms with Crippen LogP contribution < -0.4 is 20.1 Å². The molecule has 32 heavy (non-hydrogen) atoms. The number of carbonyl (C=O) groups is 2. The van der Waals surface area contributed by atoms with Gasteiger partial charge in [-0.05, 0) is 37.4 Å². The van der Waals surface area contributed by atoms with Crippen LogP contribution in [0.3, 0.4) is 0 Å². The summed E-state index contributed by atoms with van der Waals surface area (Å²) < 4.78 is 11.5. The zero-order valence-corrected chi connectivity index (χ0v) is 19.7. The summed E-state index contributed by atoms with van der Waals surface area (Å²) in [4.78, 5) is 26.4. The van der Waals surface area contributed by atoms with Crippen molar-refractivity contribution in [2.24, 2.45) is 0 Å². The van der Waals surface area contributed by atoms with Crippen LogP contribution in [0, 0.1) is 0 Å². The van der Waals surface area contributed by atoms with Gasteiger partial charge in [-0.15, -0.1) is 23.1 Å². The Labute approximate surface area is 196 Å². The van der Waals surface area contributed by atoms with Crippen molar-refractivity contribution in [2.75, 3.05) is 29.6 Å². The summed E-state index contributed by atoms with van der Waals surface area (Å²) in [6.07, 6.45) is 0. The van der Waals surface area contributed by atoms with E-state index >= 15 is 0 Å². The van der Waals surface area contributed by atoms with Crippen molar-refractivity contribution in [3.05, 3.63) is 70.4 Å². The molecule has 0 unspecified atom stereocenters. The summed E-state index contributed by atoms with van der Waals surface area (Å²) in [5.41, 5.74) is 1.53. The molecule has 0 saturated heterocycles. The highest BCUT2D eigenvalue weighted by atomic mass is 32.2. The van der Waals surface area contributed by atoms with Gasteiger partial charge in [0.1, 0.15) is 11.5 Å². The van der Waals surface area contributed by atoms with E-state index in [1.165, 1.54) is 4.88 Å². The molecule has 1 heterocycles. The molecular weight excluding hydrogens is 444 g/mol. The molecule has 0 aliphatic rings. The fraction of sp³-hybridized carbons (Fsp3) is 0.250. The van der Waals surface area contributed by atoms with Crippen LogP contribution in [0.15, 0.2) is 60.0 Å². The van der Waals surface area contributed by atoms with Crippen LogP contribution in [0.4, 0.5) is 11.4 Å². The van der Waals surface area contributed by atoms with E-state index in [0.29, 0.717) is 47.4 Å². The van der Waals surface area contributed by atoms with E-state index in [4.69, 9.17) is 9.47 Å². The maximum absolute atomic E-state index is 12.6. The first kappa shape index (κ1) is 23.7. The standard InChI is InChI=1S/C24H26N2O4S2/c1-3-29-21-14-20(26-24(28)17-9-6-5-7-10-17)22(30-4-2)13-19(21)25-23(27)16-31-15-18-11-8-12-32-18/h5-14H,3-4,15-16H2,1-2H3,(H,25,27)(H,26,28). The Morgan fingerprint density at radius 1 is 0.906 bits per heavy atom. The van der Waals surface area contributed by atoms with Crippen molar-refractivity contribution in [3.8, 4) is 11.5 Å². The van der Waals surface area contributed by atoms with Gasteiger partial charge in [-0.2, -0.15) is 0 Å². The summed E-state index contributed by atoms with van der Waals surface area (Å²) in [5, 5.41) is 7.82. The lowest BCUT2D eigenvalue weighted by Gasteiger charge is -2.18. The van der Waals surface area contributed by atoms with Crippen molar-refractivity contribution in [3.63, 3.8) is 0 Å². The highest BCUT2D eigenvalue weighted by molar-refractivity contribution is 7.99. The predicted octanol–water partition coefficient (Wildman–Crippen LogP) is 5.67. The topological polar surface area (TPSA) is 76.7 Å². The Morgan fingerprint density at radius 3 is 2.16 bits per heavy atom. The van der Waals surface area contributed by atoms with Crippen LogP contribution in [0.1, 0.15) is 29.1 Å². The minimum absolute atomic E-state index is 0.129. The fourth-order valence-corrected chi connectivity index (χ4v) is 4.58. The Balaban J connectivity index is 1.75. The van der Waals surface area contributed by atoms with Crippen LogP contribution in [-0.2, 0) is 10.5 Å². The molecule has 2 amide bonds. The van der Waals surface area contributed by atoms with Gasteiger partial charge in [0.25, 0.3) is 5.91 Å². The lowest BCUT2D eigenvalue weighted by Crippen LogP contribution is -2.17. The second-order valence-corrected chi connectivity index (χ2v) is 8.67. The maximum atomic E-state index is 12.6. The van der Waals surface area contributed by atoms with E-state index in [0.717, 1.165) is 5.75 Å². The number of thioether (sulfide) groups is 1. The molecule has 2 aromatic carbocycles. The van der Waals surface area contributed by atoms with Crippen molar-refractivity contribution < 1.29 is 19.1 Å². The van der Waals surface area contributed by atoms with E-state index in [9.17, 15) is 9.59 Å². The smallest absolute Gasteiger partial charge is 0.255 e. The van der Waals surface area contributed by atoms with Gasteiger partial charge in [0.15, 0.2) is 0 Å². The average molecular weight is 471 g/mol. The molecule has 1 aromatic heterocycles. The second-order valence-electron chi connectivity index (χ2n) is 6.65. The van der Waals surface area contributed by atoms with Crippen LogP contribution in [0.2, 0.25) is 0 Å². The third kappa shape index (κ3) is 6.77. The van der Waals surface area contributed by atoms with Gasteiger partial charge in [0.05, 0.1) is 30.3 Å². The van der Waals surface area contributed by atoms with Crippen LogP contribution in [0.5, 0.6) is 11.5 Å². The van der Waals surface area contributed by atoms with Gasteiger partial charge >= 0.3 is 0 Å². The van der Waals surface area contributed by atoms with Gasteiger partial charge in [0, 0.05) is 28.3 Å². The van der Waals surface area contributed by atoms with Crippen LogP contribution in [0.25, 0.3) is 0 Å². The summed E-state index contributed by atoms with van der Waals surface area (Å²) >= 11 is 3.23. The molecule has 0 aliphatic heterocycles. The van der Waals surface area contributed by atoms with Crippen LogP contribution in [-0.4, -0.2) is 30.8 Å². The fourth-order valence-electron chi connectivity index (χ4n) is 2.91. The number of hydrogen-bond donors (Lipinski definition) is 2. The van der Waals surface area contributed by atoms with E-state index in [1.54, 1.807) is 59.5 Å².